The van der Waals surface area contributed by atoms with Crippen LogP contribution in [0, 0.1) is 6.92 Å². The van der Waals surface area contributed by atoms with Gasteiger partial charge in [0.1, 0.15) is 5.75 Å². The van der Waals surface area contributed by atoms with Gasteiger partial charge in [0, 0.05) is 6.54 Å². The van der Waals surface area contributed by atoms with Crippen LogP contribution in [0.15, 0.2) is 18.2 Å². The van der Waals surface area contributed by atoms with E-state index in [9.17, 15) is 13.5 Å². The lowest BCUT2D eigenvalue weighted by Gasteiger charge is -2.12. The topological polar surface area (TPSA) is 78.4 Å². The molecule has 6 heteroatoms. The molecule has 0 aliphatic rings. The molecule has 1 rings (SSSR count). The van der Waals surface area contributed by atoms with Crippen molar-refractivity contribution in [2.45, 2.75) is 20.3 Å². The van der Waals surface area contributed by atoms with Gasteiger partial charge in [0.2, 0.25) is 0 Å². The van der Waals surface area contributed by atoms with Crippen LogP contribution in [0.25, 0.3) is 0 Å². The standard InChI is InChI=1S/C10H16N2O3S/c1-3-7-11-16(14,15)12-10-8(2)5-4-6-9(10)13/h4-6,11-13H,3,7H2,1-2H3. The summed E-state index contributed by atoms with van der Waals surface area (Å²) in [5.74, 6) is -0.0816. The molecule has 5 nitrogen and oxygen atoms in total. The van der Waals surface area contributed by atoms with Crippen molar-refractivity contribution in [3.05, 3.63) is 23.8 Å². The van der Waals surface area contributed by atoms with Crippen LogP contribution < -0.4 is 9.44 Å². The van der Waals surface area contributed by atoms with E-state index in [4.69, 9.17) is 0 Å². The first-order chi connectivity index (χ1) is 7.46. The van der Waals surface area contributed by atoms with Crippen molar-refractivity contribution in [3.63, 3.8) is 0 Å². The summed E-state index contributed by atoms with van der Waals surface area (Å²) in [5, 5.41) is 9.53. The van der Waals surface area contributed by atoms with Gasteiger partial charge in [-0.2, -0.15) is 13.1 Å². The van der Waals surface area contributed by atoms with E-state index in [1.165, 1.54) is 6.07 Å². The van der Waals surface area contributed by atoms with Gasteiger partial charge in [-0.05, 0) is 25.0 Å². The minimum absolute atomic E-state index is 0.0816. The van der Waals surface area contributed by atoms with Gasteiger partial charge in [-0.25, -0.2) is 0 Å². The zero-order chi connectivity index (χ0) is 12.2. The molecule has 0 saturated heterocycles. The maximum atomic E-state index is 11.5. The Morgan fingerprint density at radius 1 is 1.38 bits per heavy atom. The molecule has 0 bridgehead atoms. The highest BCUT2D eigenvalue weighted by atomic mass is 32.2. The molecule has 3 N–H and O–H groups in total. The molecule has 0 heterocycles. The molecule has 0 fully saturated rings. The number of phenols is 1. The predicted octanol–water partition coefficient (Wildman–Crippen LogP) is 1.36. The maximum absolute atomic E-state index is 11.5. The van der Waals surface area contributed by atoms with Crippen molar-refractivity contribution >= 4 is 15.9 Å². The highest BCUT2D eigenvalue weighted by Gasteiger charge is 2.12. The fourth-order valence-corrected chi connectivity index (χ4v) is 2.27. The third-order valence-electron chi connectivity index (χ3n) is 2.03. The molecular formula is C10H16N2O3S. The average molecular weight is 244 g/mol. The molecule has 0 aromatic heterocycles. The zero-order valence-corrected chi connectivity index (χ0v) is 10.1. The lowest BCUT2D eigenvalue weighted by atomic mass is 10.2. The third-order valence-corrected chi connectivity index (χ3v) is 3.09. The van der Waals surface area contributed by atoms with E-state index in [2.05, 4.69) is 9.44 Å². The summed E-state index contributed by atoms with van der Waals surface area (Å²) >= 11 is 0. The second kappa shape index (κ2) is 5.18. The highest BCUT2D eigenvalue weighted by molar-refractivity contribution is 7.90. The number of anilines is 1. The molecule has 1 aromatic rings. The Morgan fingerprint density at radius 3 is 2.62 bits per heavy atom. The van der Waals surface area contributed by atoms with Crippen LogP contribution >= 0.6 is 0 Å². The summed E-state index contributed by atoms with van der Waals surface area (Å²) in [6.07, 6.45) is 0.709. The van der Waals surface area contributed by atoms with Crippen LogP contribution in [-0.4, -0.2) is 20.1 Å². The quantitative estimate of drug-likeness (QED) is 0.684. The number of rotatable bonds is 5. The zero-order valence-electron chi connectivity index (χ0n) is 9.32. The summed E-state index contributed by atoms with van der Waals surface area (Å²) in [4.78, 5) is 0. The number of para-hydroxylation sites is 1. The third kappa shape index (κ3) is 3.39. The molecule has 16 heavy (non-hydrogen) atoms. The largest absolute Gasteiger partial charge is 0.506 e. The first-order valence-electron chi connectivity index (χ1n) is 5.02. The van der Waals surface area contributed by atoms with Gasteiger partial charge in [0.25, 0.3) is 10.2 Å². The summed E-state index contributed by atoms with van der Waals surface area (Å²) < 4.78 is 27.7. The van der Waals surface area contributed by atoms with E-state index in [1.807, 2.05) is 6.92 Å². The first kappa shape index (κ1) is 12.8. The summed E-state index contributed by atoms with van der Waals surface area (Å²) in [6, 6.07) is 4.81. The van der Waals surface area contributed by atoms with Gasteiger partial charge in [-0.15, -0.1) is 0 Å². The van der Waals surface area contributed by atoms with Gasteiger partial charge in [0.15, 0.2) is 0 Å². The number of aryl methyl sites for hydroxylation is 1. The minimum atomic E-state index is -3.60. The van der Waals surface area contributed by atoms with E-state index in [0.717, 1.165) is 0 Å². The molecular weight excluding hydrogens is 228 g/mol. The number of phenolic OH excluding ortho intramolecular Hbond substituents is 1. The molecule has 0 spiro atoms. The molecule has 1 aromatic carbocycles. The molecule has 0 atom stereocenters. The van der Waals surface area contributed by atoms with Crippen molar-refractivity contribution in [1.82, 2.24) is 4.72 Å². The van der Waals surface area contributed by atoms with Gasteiger partial charge < -0.3 is 5.11 Å². The van der Waals surface area contributed by atoms with Crippen LogP contribution in [0.4, 0.5) is 5.69 Å². The Hall–Kier alpha value is -1.27. The highest BCUT2D eigenvalue weighted by Crippen LogP contribution is 2.26. The Morgan fingerprint density at radius 2 is 2.06 bits per heavy atom. The van der Waals surface area contributed by atoms with E-state index in [1.54, 1.807) is 19.1 Å². The second-order valence-corrected chi connectivity index (χ2v) is 4.97. The van der Waals surface area contributed by atoms with Crippen LogP contribution in [0.3, 0.4) is 0 Å². The summed E-state index contributed by atoms with van der Waals surface area (Å²) in [6.45, 7) is 3.95. The normalized spacial score (nSPS) is 11.4. The number of hydrogen-bond acceptors (Lipinski definition) is 3. The molecule has 0 aliphatic heterocycles. The SMILES string of the molecule is CCCNS(=O)(=O)Nc1c(C)cccc1O. The van der Waals surface area contributed by atoms with E-state index < -0.39 is 10.2 Å². The second-order valence-electron chi connectivity index (χ2n) is 3.47. The first-order valence-corrected chi connectivity index (χ1v) is 6.50. The van der Waals surface area contributed by atoms with Gasteiger partial charge in [0.05, 0.1) is 5.69 Å². The average Bonchev–Trinajstić information content (AvgIpc) is 2.21. The van der Waals surface area contributed by atoms with Crippen LogP contribution in [0.1, 0.15) is 18.9 Å². The van der Waals surface area contributed by atoms with E-state index in [-0.39, 0.29) is 11.4 Å². The molecule has 90 valence electrons. The Bertz CT molecular complexity index is 437. The monoisotopic (exact) mass is 244 g/mol. The predicted molar refractivity (Wildman–Crippen MR) is 63.7 cm³/mol. The van der Waals surface area contributed by atoms with Crippen molar-refractivity contribution < 1.29 is 13.5 Å². The van der Waals surface area contributed by atoms with Crippen molar-refractivity contribution in [2.24, 2.45) is 0 Å². The Labute approximate surface area is 95.7 Å². The number of benzene rings is 1. The lowest BCUT2D eigenvalue weighted by molar-refractivity contribution is 0.477. The summed E-state index contributed by atoms with van der Waals surface area (Å²) in [5.41, 5.74) is 0.882. The smallest absolute Gasteiger partial charge is 0.299 e. The summed E-state index contributed by atoms with van der Waals surface area (Å²) in [7, 11) is -3.60. The van der Waals surface area contributed by atoms with Crippen molar-refractivity contribution in [1.29, 1.82) is 0 Å². The van der Waals surface area contributed by atoms with E-state index >= 15 is 0 Å². The Balaban J connectivity index is 2.88. The Kier molecular flexibility index (Phi) is 4.14. The van der Waals surface area contributed by atoms with Crippen molar-refractivity contribution in [3.8, 4) is 5.75 Å². The van der Waals surface area contributed by atoms with E-state index in [0.29, 0.717) is 18.5 Å². The van der Waals surface area contributed by atoms with Gasteiger partial charge in [-0.3, -0.25) is 4.72 Å². The molecule has 0 unspecified atom stereocenters. The minimum Gasteiger partial charge on any atom is -0.506 e. The van der Waals surface area contributed by atoms with Crippen LogP contribution in [-0.2, 0) is 10.2 Å². The lowest BCUT2D eigenvalue weighted by Crippen LogP contribution is -2.30. The molecule has 0 aliphatic carbocycles. The van der Waals surface area contributed by atoms with Crippen LogP contribution in [0.2, 0.25) is 0 Å². The number of nitrogens with one attached hydrogen (secondary N) is 2. The maximum Gasteiger partial charge on any atom is 0.299 e. The van der Waals surface area contributed by atoms with Gasteiger partial charge >= 0.3 is 0 Å². The number of hydrogen-bond donors (Lipinski definition) is 3. The molecule has 0 saturated carbocycles. The number of aromatic hydroxyl groups is 1. The fourth-order valence-electron chi connectivity index (χ4n) is 1.19. The molecule has 0 amide bonds. The fraction of sp³-hybridized carbons (Fsp3) is 0.400. The van der Waals surface area contributed by atoms with Crippen molar-refractivity contribution in [2.75, 3.05) is 11.3 Å². The van der Waals surface area contributed by atoms with Crippen LogP contribution in [0.5, 0.6) is 5.75 Å². The van der Waals surface area contributed by atoms with Gasteiger partial charge in [-0.1, -0.05) is 19.1 Å². The molecule has 0 radical (unpaired) electrons.